The van der Waals surface area contributed by atoms with Crippen LogP contribution in [0.5, 0.6) is 0 Å². The molecule has 0 fully saturated rings. The van der Waals surface area contributed by atoms with Crippen LogP contribution >= 0.6 is 0 Å². The van der Waals surface area contributed by atoms with E-state index in [1.165, 1.54) is 7.11 Å². The molecule has 1 aliphatic rings. The highest BCUT2D eigenvalue weighted by atomic mass is 32.2. The number of methoxy groups -OCH3 is 1. The van der Waals surface area contributed by atoms with Crippen molar-refractivity contribution >= 4 is 10.2 Å². The van der Waals surface area contributed by atoms with Crippen molar-refractivity contribution in [2.24, 2.45) is 0 Å². The van der Waals surface area contributed by atoms with Crippen molar-refractivity contribution in [2.45, 2.75) is 18.6 Å². The molecule has 1 aliphatic carbocycles. The molecule has 1 aromatic rings. The monoisotopic (exact) mass is 286 g/mol. The first kappa shape index (κ1) is 14.4. The fraction of sp³-hybridized carbons (Fsp3) is 0.500. The number of hydrogen-bond donors (Lipinski definition) is 3. The molecule has 7 heteroatoms. The van der Waals surface area contributed by atoms with Gasteiger partial charge in [-0.1, -0.05) is 24.3 Å². The summed E-state index contributed by atoms with van der Waals surface area (Å²) in [6.45, 7) is 0.487. The van der Waals surface area contributed by atoms with Crippen molar-refractivity contribution in [3.8, 4) is 0 Å². The lowest BCUT2D eigenvalue weighted by atomic mass is 10.1. The molecule has 0 unspecified atom stereocenters. The topological polar surface area (TPSA) is 87.7 Å². The Bertz CT molecular complexity index is 532. The minimum absolute atomic E-state index is 0.191. The maximum Gasteiger partial charge on any atom is 0.277 e. The molecule has 2 atom stereocenters. The first-order valence-corrected chi connectivity index (χ1v) is 7.53. The molecule has 106 valence electrons. The standard InChI is InChI=1S/C12H18N2O4S/c1-18-7-6-13-19(16,17)14-12-10-5-3-2-4-9(10)8-11(12)15/h2-5,11-15H,6-8H2,1H3/t11-,12+/m1/s1. The highest BCUT2D eigenvalue weighted by Crippen LogP contribution is 2.31. The molecule has 0 spiro atoms. The van der Waals surface area contributed by atoms with E-state index in [1.807, 2.05) is 24.3 Å². The maximum atomic E-state index is 11.8. The predicted molar refractivity (Wildman–Crippen MR) is 70.8 cm³/mol. The quantitative estimate of drug-likeness (QED) is 0.627. The third kappa shape index (κ3) is 3.52. The third-order valence-electron chi connectivity index (χ3n) is 3.08. The fourth-order valence-corrected chi connectivity index (χ4v) is 3.26. The Kier molecular flexibility index (Phi) is 4.54. The van der Waals surface area contributed by atoms with Crippen LogP contribution in [0, 0.1) is 0 Å². The van der Waals surface area contributed by atoms with E-state index < -0.39 is 22.4 Å². The van der Waals surface area contributed by atoms with Gasteiger partial charge >= 0.3 is 0 Å². The Morgan fingerprint density at radius 1 is 1.42 bits per heavy atom. The van der Waals surface area contributed by atoms with Gasteiger partial charge in [0.15, 0.2) is 0 Å². The van der Waals surface area contributed by atoms with Gasteiger partial charge < -0.3 is 9.84 Å². The SMILES string of the molecule is COCCNS(=O)(=O)N[C@H]1c2ccccc2C[C@H]1O. The summed E-state index contributed by atoms with van der Waals surface area (Å²) in [6.07, 6.45) is -0.280. The molecule has 3 N–H and O–H groups in total. The second kappa shape index (κ2) is 5.98. The Morgan fingerprint density at radius 3 is 2.89 bits per heavy atom. The summed E-state index contributed by atoms with van der Waals surface area (Å²) in [5.41, 5.74) is 1.80. The third-order valence-corrected chi connectivity index (χ3v) is 4.23. The van der Waals surface area contributed by atoms with E-state index in [0.717, 1.165) is 11.1 Å². The summed E-state index contributed by atoms with van der Waals surface area (Å²) >= 11 is 0. The van der Waals surface area contributed by atoms with E-state index in [1.54, 1.807) is 0 Å². The molecule has 1 aromatic carbocycles. The minimum Gasteiger partial charge on any atom is -0.391 e. The van der Waals surface area contributed by atoms with Crippen LogP contribution in [0.15, 0.2) is 24.3 Å². The minimum atomic E-state index is -3.65. The van der Waals surface area contributed by atoms with Crippen LogP contribution in [0.1, 0.15) is 17.2 Å². The van der Waals surface area contributed by atoms with E-state index in [-0.39, 0.29) is 6.54 Å². The van der Waals surface area contributed by atoms with E-state index in [4.69, 9.17) is 4.74 Å². The largest absolute Gasteiger partial charge is 0.391 e. The number of rotatable bonds is 6. The number of ether oxygens (including phenoxy) is 1. The molecular weight excluding hydrogens is 268 g/mol. The van der Waals surface area contributed by atoms with E-state index in [2.05, 4.69) is 9.44 Å². The lowest BCUT2D eigenvalue weighted by Gasteiger charge is -2.18. The average molecular weight is 286 g/mol. The second-order valence-electron chi connectivity index (χ2n) is 4.46. The molecule has 19 heavy (non-hydrogen) atoms. The zero-order valence-electron chi connectivity index (χ0n) is 10.7. The molecule has 0 radical (unpaired) electrons. The van der Waals surface area contributed by atoms with Gasteiger partial charge in [-0.2, -0.15) is 17.9 Å². The summed E-state index contributed by atoms with van der Waals surface area (Å²) in [6, 6.07) is 6.82. The summed E-state index contributed by atoms with van der Waals surface area (Å²) in [5.74, 6) is 0. The first-order valence-electron chi connectivity index (χ1n) is 6.05. The van der Waals surface area contributed by atoms with Crippen LogP contribution in [0.25, 0.3) is 0 Å². The zero-order valence-corrected chi connectivity index (χ0v) is 11.5. The molecule has 0 aliphatic heterocycles. The Labute approximate surface area is 113 Å². The van der Waals surface area contributed by atoms with Gasteiger partial charge in [-0.15, -0.1) is 0 Å². The molecule has 0 aromatic heterocycles. The highest BCUT2D eigenvalue weighted by Gasteiger charge is 2.33. The fourth-order valence-electron chi connectivity index (χ4n) is 2.20. The Morgan fingerprint density at radius 2 is 2.16 bits per heavy atom. The lowest BCUT2D eigenvalue weighted by molar-refractivity contribution is 0.151. The van der Waals surface area contributed by atoms with Crippen molar-refractivity contribution < 1.29 is 18.3 Å². The smallest absolute Gasteiger partial charge is 0.277 e. The molecule has 6 nitrogen and oxygen atoms in total. The van der Waals surface area contributed by atoms with Gasteiger partial charge in [-0.25, -0.2) is 0 Å². The van der Waals surface area contributed by atoms with Crippen LogP contribution < -0.4 is 9.44 Å². The van der Waals surface area contributed by atoms with E-state index >= 15 is 0 Å². The number of aliphatic hydroxyl groups is 1. The highest BCUT2D eigenvalue weighted by molar-refractivity contribution is 7.87. The molecule has 0 saturated heterocycles. The Hall–Kier alpha value is -0.990. The van der Waals surface area contributed by atoms with Crippen molar-refractivity contribution in [2.75, 3.05) is 20.3 Å². The molecule has 0 saturated carbocycles. The van der Waals surface area contributed by atoms with Gasteiger partial charge in [0, 0.05) is 20.1 Å². The van der Waals surface area contributed by atoms with Crippen molar-refractivity contribution in [3.63, 3.8) is 0 Å². The molecule has 0 bridgehead atoms. The summed E-state index contributed by atoms with van der Waals surface area (Å²) < 4.78 is 33.3. The van der Waals surface area contributed by atoms with Crippen LogP contribution in [0.4, 0.5) is 0 Å². The average Bonchev–Trinajstić information content (AvgIpc) is 2.66. The number of aliphatic hydroxyl groups excluding tert-OH is 1. The summed E-state index contributed by atoms with van der Waals surface area (Å²) in [4.78, 5) is 0. The molecular formula is C12H18N2O4S. The van der Waals surface area contributed by atoms with Crippen molar-refractivity contribution in [1.29, 1.82) is 0 Å². The molecule has 0 heterocycles. The summed E-state index contributed by atoms with van der Waals surface area (Å²) in [7, 11) is -2.15. The van der Waals surface area contributed by atoms with Crippen LogP contribution in [-0.2, 0) is 21.4 Å². The number of fused-ring (bicyclic) bond motifs is 1. The zero-order chi connectivity index (χ0) is 13.9. The van der Waals surface area contributed by atoms with Gasteiger partial charge in [-0.3, -0.25) is 0 Å². The Balaban J connectivity index is 2.07. The number of benzene rings is 1. The number of nitrogens with one attached hydrogen (secondary N) is 2. The van der Waals surface area contributed by atoms with E-state index in [0.29, 0.717) is 13.0 Å². The van der Waals surface area contributed by atoms with E-state index in [9.17, 15) is 13.5 Å². The second-order valence-corrected chi connectivity index (χ2v) is 5.99. The van der Waals surface area contributed by atoms with Crippen molar-refractivity contribution in [1.82, 2.24) is 9.44 Å². The van der Waals surface area contributed by atoms with Gasteiger partial charge in [-0.05, 0) is 11.1 Å². The van der Waals surface area contributed by atoms with Gasteiger partial charge in [0.1, 0.15) is 0 Å². The lowest BCUT2D eigenvalue weighted by Crippen LogP contribution is -2.42. The van der Waals surface area contributed by atoms with Gasteiger partial charge in [0.25, 0.3) is 10.2 Å². The predicted octanol–water partition coefficient (Wildman–Crippen LogP) is -0.285. The van der Waals surface area contributed by atoms with Gasteiger partial charge in [0.2, 0.25) is 0 Å². The van der Waals surface area contributed by atoms with Crippen LogP contribution in [0.3, 0.4) is 0 Å². The summed E-state index contributed by atoms with van der Waals surface area (Å²) in [5, 5.41) is 9.97. The first-order chi connectivity index (χ1) is 9.03. The maximum absolute atomic E-state index is 11.8. The normalized spacial score (nSPS) is 22.4. The molecule has 0 amide bonds. The van der Waals surface area contributed by atoms with Crippen molar-refractivity contribution in [3.05, 3.63) is 35.4 Å². The number of hydrogen-bond acceptors (Lipinski definition) is 4. The van der Waals surface area contributed by atoms with Gasteiger partial charge in [0.05, 0.1) is 18.8 Å². The molecule has 2 rings (SSSR count). The van der Waals surface area contributed by atoms with Crippen LogP contribution in [0.2, 0.25) is 0 Å². The van der Waals surface area contributed by atoms with Crippen LogP contribution in [-0.4, -0.2) is 39.9 Å².